The van der Waals surface area contributed by atoms with Gasteiger partial charge >= 0.3 is 5.97 Å². The molecule has 1 rings (SSSR count). The molecule has 0 aliphatic heterocycles. The highest BCUT2D eigenvalue weighted by atomic mass is 35.5. The number of benzene rings is 1. The van der Waals surface area contributed by atoms with E-state index < -0.39 is 5.97 Å². The first kappa shape index (κ1) is 11.1. The van der Waals surface area contributed by atoms with E-state index in [1.165, 1.54) is 7.11 Å². The summed E-state index contributed by atoms with van der Waals surface area (Å²) in [7, 11) is 1.28. The van der Waals surface area contributed by atoms with E-state index >= 15 is 0 Å². The molecule has 4 heteroatoms. The average molecular weight is 231 g/mol. The molecule has 14 heavy (non-hydrogen) atoms. The molecule has 0 N–H and O–H groups in total. The van der Waals surface area contributed by atoms with Gasteiger partial charge in [-0.15, -0.1) is 0 Å². The molecule has 1 aromatic rings. The third-order valence-corrected chi connectivity index (χ3v) is 2.33. The van der Waals surface area contributed by atoms with Crippen LogP contribution in [0, 0.1) is 0 Å². The minimum atomic E-state index is -0.542. The van der Waals surface area contributed by atoms with Crippen molar-refractivity contribution in [2.24, 2.45) is 0 Å². The molecule has 0 saturated carbocycles. The summed E-state index contributed by atoms with van der Waals surface area (Å²) in [4.78, 5) is 11.2. The molecule has 0 radical (unpaired) electrons. The zero-order valence-electron chi connectivity index (χ0n) is 7.51. The fourth-order valence-corrected chi connectivity index (χ4v) is 1.64. The van der Waals surface area contributed by atoms with Gasteiger partial charge in [0.25, 0.3) is 0 Å². The first-order chi connectivity index (χ1) is 6.57. The summed E-state index contributed by atoms with van der Waals surface area (Å²) >= 11 is 11.7. The number of carbonyl (C=O) groups is 1. The molecule has 0 aliphatic carbocycles. The van der Waals surface area contributed by atoms with E-state index in [2.05, 4.69) is 11.3 Å². The third kappa shape index (κ3) is 2.08. The van der Waals surface area contributed by atoms with Gasteiger partial charge in [0, 0.05) is 5.56 Å². The molecule has 0 bridgehead atoms. The molecular weight excluding hydrogens is 223 g/mol. The van der Waals surface area contributed by atoms with Crippen LogP contribution in [-0.4, -0.2) is 13.1 Å². The van der Waals surface area contributed by atoms with Crippen molar-refractivity contribution in [3.8, 4) is 0 Å². The third-order valence-electron chi connectivity index (χ3n) is 1.70. The molecule has 0 heterocycles. The van der Waals surface area contributed by atoms with Gasteiger partial charge in [-0.1, -0.05) is 35.8 Å². The topological polar surface area (TPSA) is 26.3 Å². The van der Waals surface area contributed by atoms with Gasteiger partial charge < -0.3 is 4.74 Å². The van der Waals surface area contributed by atoms with Gasteiger partial charge in [0.1, 0.15) is 0 Å². The Balaban J connectivity index is 3.19. The largest absolute Gasteiger partial charge is 0.465 e. The fraction of sp³-hybridized carbons (Fsp3) is 0.100. The van der Waals surface area contributed by atoms with Gasteiger partial charge in [-0.25, -0.2) is 4.79 Å². The van der Waals surface area contributed by atoms with Crippen molar-refractivity contribution in [3.63, 3.8) is 0 Å². The monoisotopic (exact) mass is 230 g/mol. The highest BCUT2D eigenvalue weighted by Crippen LogP contribution is 2.30. The van der Waals surface area contributed by atoms with Crippen molar-refractivity contribution in [3.05, 3.63) is 40.4 Å². The first-order valence-corrected chi connectivity index (χ1v) is 4.55. The molecule has 0 saturated heterocycles. The summed E-state index contributed by atoms with van der Waals surface area (Å²) < 4.78 is 4.52. The summed E-state index contributed by atoms with van der Waals surface area (Å²) in [5, 5.41) is 0.765. The van der Waals surface area contributed by atoms with Crippen molar-refractivity contribution in [1.82, 2.24) is 0 Å². The molecular formula is C10H8Cl2O2. The van der Waals surface area contributed by atoms with Gasteiger partial charge in [-0.05, 0) is 12.1 Å². The predicted octanol–water partition coefficient (Wildman–Crippen LogP) is 3.18. The maximum absolute atomic E-state index is 11.2. The normalized spacial score (nSPS) is 9.64. The second-order valence-electron chi connectivity index (χ2n) is 2.57. The summed E-state index contributed by atoms with van der Waals surface area (Å²) in [6, 6.07) is 4.96. The van der Waals surface area contributed by atoms with Crippen LogP contribution >= 0.6 is 23.2 Å². The van der Waals surface area contributed by atoms with E-state index in [4.69, 9.17) is 23.2 Å². The van der Waals surface area contributed by atoms with E-state index in [0.717, 1.165) is 0 Å². The minimum absolute atomic E-state index is 0.156. The lowest BCUT2D eigenvalue weighted by Gasteiger charge is -2.07. The highest BCUT2D eigenvalue weighted by molar-refractivity contribution is 6.40. The second-order valence-corrected chi connectivity index (χ2v) is 3.38. The van der Waals surface area contributed by atoms with Crippen molar-refractivity contribution >= 4 is 34.7 Å². The number of ether oxygens (including phenoxy) is 1. The zero-order valence-corrected chi connectivity index (χ0v) is 9.02. The van der Waals surface area contributed by atoms with Crippen molar-refractivity contribution in [2.45, 2.75) is 0 Å². The highest BCUT2D eigenvalue weighted by Gasteiger charge is 2.15. The van der Waals surface area contributed by atoms with Gasteiger partial charge in [-0.2, -0.15) is 0 Å². The molecule has 0 unspecified atom stereocenters. The van der Waals surface area contributed by atoms with E-state index in [-0.39, 0.29) is 5.57 Å². The van der Waals surface area contributed by atoms with E-state index in [1.54, 1.807) is 18.2 Å². The standard InChI is InChI=1S/C10H8Cl2O2/c1-6(10(13)14-2)9-7(11)4-3-5-8(9)12/h3-5H,1H2,2H3. The Morgan fingerprint density at radius 3 is 2.29 bits per heavy atom. The van der Waals surface area contributed by atoms with Crippen molar-refractivity contribution in [1.29, 1.82) is 0 Å². The lowest BCUT2D eigenvalue weighted by molar-refractivity contribution is -0.133. The van der Waals surface area contributed by atoms with Crippen molar-refractivity contribution in [2.75, 3.05) is 7.11 Å². The van der Waals surface area contributed by atoms with Crippen LogP contribution in [0.2, 0.25) is 10.0 Å². The minimum Gasteiger partial charge on any atom is -0.465 e. The number of rotatable bonds is 2. The lowest BCUT2D eigenvalue weighted by Crippen LogP contribution is -2.03. The number of halogens is 2. The van der Waals surface area contributed by atoms with Crippen molar-refractivity contribution < 1.29 is 9.53 Å². The number of hydrogen-bond acceptors (Lipinski definition) is 2. The van der Waals surface area contributed by atoms with E-state index in [9.17, 15) is 4.79 Å². The van der Waals surface area contributed by atoms with Crippen LogP contribution < -0.4 is 0 Å². The Morgan fingerprint density at radius 2 is 1.86 bits per heavy atom. The van der Waals surface area contributed by atoms with E-state index in [0.29, 0.717) is 15.6 Å². The summed E-state index contributed by atoms with van der Waals surface area (Å²) in [5.74, 6) is -0.542. The Labute approximate surface area is 92.1 Å². The summed E-state index contributed by atoms with van der Waals surface area (Å²) in [5.41, 5.74) is 0.575. The summed E-state index contributed by atoms with van der Waals surface area (Å²) in [6.07, 6.45) is 0. The second kappa shape index (κ2) is 4.49. The maximum atomic E-state index is 11.2. The Morgan fingerprint density at radius 1 is 1.36 bits per heavy atom. The molecule has 0 atom stereocenters. The van der Waals surface area contributed by atoms with Gasteiger partial charge in [0.15, 0.2) is 0 Å². The molecule has 0 spiro atoms. The van der Waals surface area contributed by atoms with Crippen LogP contribution in [0.25, 0.3) is 5.57 Å². The lowest BCUT2D eigenvalue weighted by atomic mass is 10.1. The SMILES string of the molecule is C=C(C(=O)OC)c1c(Cl)cccc1Cl. The van der Waals surface area contributed by atoms with Crippen LogP contribution in [0.3, 0.4) is 0 Å². The van der Waals surface area contributed by atoms with Gasteiger partial charge in [0.05, 0.1) is 22.7 Å². The number of methoxy groups -OCH3 is 1. The number of hydrogen-bond donors (Lipinski definition) is 0. The number of esters is 1. The van der Waals surface area contributed by atoms with Crippen LogP contribution in [0.5, 0.6) is 0 Å². The molecule has 74 valence electrons. The molecule has 0 aliphatic rings. The molecule has 0 fully saturated rings. The molecule has 0 amide bonds. The van der Waals surface area contributed by atoms with Crippen LogP contribution in [0.1, 0.15) is 5.56 Å². The smallest absolute Gasteiger partial charge is 0.337 e. The van der Waals surface area contributed by atoms with Crippen LogP contribution in [0.15, 0.2) is 24.8 Å². The summed E-state index contributed by atoms with van der Waals surface area (Å²) in [6.45, 7) is 3.57. The maximum Gasteiger partial charge on any atom is 0.337 e. The predicted molar refractivity (Wildman–Crippen MR) is 57.5 cm³/mol. The number of carbonyl (C=O) groups excluding carboxylic acids is 1. The van der Waals surface area contributed by atoms with Crippen LogP contribution in [0.4, 0.5) is 0 Å². The van der Waals surface area contributed by atoms with Gasteiger partial charge in [0.2, 0.25) is 0 Å². The average Bonchev–Trinajstić information content (AvgIpc) is 2.16. The van der Waals surface area contributed by atoms with Gasteiger partial charge in [-0.3, -0.25) is 0 Å². The Kier molecular flexibility index (Phi) is 3.55. The quantitative estimate of drug-likeness (QED) is 0.577. The Hall–Kier alpha value is -0.990. The molecule has 0 aromatic heterocycles. The zero-order chi connectivity index (χ0) is 10.7. The first-order valence-electron chi connectivity index (χ1n) is 3.79. The fourth-order valence-electron chi connectivity index (χ4n) is 1.01. The molecule has 2 nitrogen and oxygen atoms in total. The molecule has 1 aromatic carbocycles. The Bertz CT molecular complexity index is 365. The van der Waals surface area contributed by atoms with E-state index in [1.807, 2.05) is 0 Å². The van der Waals surface area contributed by atoms with Crippen LogP contribution in [-0.2, 0) is 9.53 Å².